The lowest BCUT2D eigenvalue weighted by molar-refractivity contribution is -0.0906. The van der Waals surface area contributed by atoms with Gasteiger partial charge in [-0.25, -0.2) is 4.79 Å². The van der Waals surface area contributed by atoms with Crippen molar-refractivity contribution < 1.29 is 28.3 Å². The lowest BCUT2D eigenvalue weighted by atomic mass is 9.80. The summed E-state index contributed by atoms with van der Waals surface area (Å²) in [6.45, 7) is 1.88. The first-order valence-electron chi connectivity index (χ1n) is 16.0. The zero-order chi connectivity index (χ0) is 35.1. The minimum absolute atomic E-state index is 0.0849. The van der Waals surface area contributed by atoms with Crippen LogP contribution in [0, 0.1) is 0 Å². The molecule has 10 nitrogen and oxygen atoms in total. The van der Waals surface area contributed by atoms with Crippen molar-refractivity contribution in [2.75, 3.05) is 32.8 Å². The molecule has 5 aromatic rings. The Morgan fingerprint density at radius 3 is 1.98 bits per heavy atom. The van der Waals surface area contributed by atoms with E-state index in [0.29, 0.717) is 23.5 Å². The predicted molar refractivity (Wildman–Crippen MR) is 193 cm³/mol. The minimum Gasteiger partial charge on any atom is -0.497 e. The average molecular weight is 714 g/mol. The summed E-state index contributed by atoms with van der Waals surface area (Å²) in [4.78, 5) is 30.0. The van der Waals surface area contributed by atoms with Crippen LogP contribution in [0.4, 0.5) is 5.82 Å². The quantitative estimate of drug-likeness (QED) is 0.0995. The molecule has 1 amide bonds. The van der Waals surface area contributed by atoms with E-state index in [4.69, 9.17) is 34.7 Å². The third-order valence-corrected chi connectivity index (χ3v) is 9.32. The number of carbonyl (C=O) groups excluding carboxylic acids is 1. The summed E-state index contributed by atoms with van der Waals surface area (Å²) in [6, 6.07) is 35.7. The number of ether oxygens (including phenoxy) is 4. The number of halogens is 1. The number of methoxy groups -OCH3 is 2. The molecule has 12 heteroatoms. The van der Waals surface area contributed by atoms with Gasteiger partial charge >= 0.3 is 5.69 Å². The highest BCUT2D eigenvalue weighted by atomic mass is 35.7. The highest BCUT2D eigenvalue weighted by molar-refractivity contribution is 7.79. The normalized spacial score (nSPS) is 18.0. The first-order valence-corrected chi connectivity index (χ1v) is 18.6. The molecule has 50 heavy (non-hydrogen) atoms. The fraction of sp³-hybridized carbons (Fsp3) is 0.237. The van der Waals surface area contributed by atoms with Crippen molar-refractivity contribution in [2.24, 2.45) is 0 Å². The van der Waals surface area contributed by atoms with Gasteiger partial charge in [0.25, 0.3) is 5.91 Å². The fourth-order valence-corrected chi connectivity index (χ4v) is 6.98. The molecule has 0 spiro atoms. The molecule has 1 N–H and O–H groups in total. The molecule has 0 bridgehead atoms. The van der Waals surface area contributed by atoms with Crippen molar-refractivity contribution in [3.05, 3.63) is 154 Å². The van der Waals surface area contributed by atoms with Crippen molar-refractivity contribution in [3.8, 4) is 11.5 Å². The molecule has 1 saturated heterocycles. The lowest BCUT2D eigenvalue weighted by Gasteiger charge is -2.37. The molecule has 4 aromatic carbocycles. The van der Waals surface area contributed by atoms with E-state index < -0.39 is 37.2 Å². The number of hydrogen-bond donors (Lipinski definition) is 1. The van der Waals surface area contributed by atoms with E-state index in [-0.39, 0.29) is 18.3 Å². The van der Waals surface area contributed by atoms with Gasteiger partial charge in [0.05, 0.1) is 26.9 Å². The van der Waals surface area contributed by atoms with Gasteiger partial charge in [0.2, 0.25) is 0 Å². The molecule has 6 rings (SSSR count). The second-order valence-electron chi connectivity index (χ2n) is 11.6. The minimum atomic E-state index is -1.29. The SMILES string of the molecule is COc1ccc(C(OC[C@H]2O[C@@H](n3ccc(NC(=O)c4ccccc4)nc3=O)C[C@@H]2OP(C)Cl)(c2ccccc2)c2ccc(OC)cc2)cc1. The number of hydrogen-bond acceptors (Lipinski definition) is 8. The van der Waals surface area contributed by atoms with Gasteiger partial charge in [-0.15, -0.1) is 0 Å². The largest absolute Gasteiger partial charge is 0.497 e. The maximum Gasteiger partial charge on any atom is 0.351 e. The third kappa shape index (κ3) is 7.75. The molecule has 1 fully saturated rings. The topological polar surface area (TPSA) is 110 Å². The van der Waals surface area contributed by atoms with Crippen LogP contribution in [0.3, 0.4) is 0 Å². The predicted octanol–water partition coefficient (Wildman–Crippen LogP) is 7.37. The Morgan fingerprint density at radius 1 is 0.880 bits per heavy atom. The number of carbonyl (C=O) groups is 1. The summed E-state index contributed by atoms with van der Waals surface area (Å²) < 4.78 is 32.1. The fourth-order valence-electron chi connectivity index (χ4n) is 6.08. The summed E-state index contributed by atoms with van der Waals surface area (Å²) in [5.41, 5.74) is 1.41. The molecule has 1 aliphatic heterocycles. The molecule has 1 aromatic heterocycles. The monoisotopic (exact) mass is 713 g/mol. The number of nitrogens with zero attached hydrogens (tertiary/aromatic N) is 2. The van der Waals surface area contributed by atoms with E-state index in [1.807, 2.05) is 84.9 Å². The van der Waals surface area contributed by atoms with Gasteiger partial charge in [-0.3, -0.25) is 9.36 Å². The van der Waals surface area contributed by atoms with E-state index in [9.17, 15) is 9.59 Å². The van der Waals surface area contributed by atoms with E-state index in [0.717, 1.165) is 16.7 Å². The summed E-state index contributed by atoms with van der Waals surface area (Å²) in [7, 11) is 1.96. The molecule has 0 radical (unpaired) electrons. The van der Waals surface area contributed by atoms with Crippen molar-refractivity contribution >= 4 is 30.5 Å². The smallest absolute Gasteiger partial charge is 0.351 e. The Balaban J connectivity index is 1.31. The van der Waals surface area contributed by atoms with E-state index >= 15 is 0 Å². The first kappa shape index (κ1) is 35.3. The van der Waals surface area contributed by atoms with Crippen LogP contribution >= 0.6 is 18.7 Å². The number of amides is 1. The molecule has 1 unspecified atom stereocenters. The van der Waals surface area contributed by atoms with Gasteiger partial charge in [-0.1, -0.05) is 84.0 Å². The Morgan fingerprint density at radius 2 is 1.44 bits per heavy atom. The standard InChI is InChI=1S/C38H37ClN3O7P/c1-45-30-18-14-28(15-19-30)38(27-12-8-5-9-13-27,29-16-20-31(46-2)21-17-29)47-25-33-32(49-50(3)39)24-35(48-33)42-23-22-34(41-37(42)44)40-36(43)26-10-6-4-7-11-26/h4-23,32-33,35H,24-25H2,1-3H3,(H,40,41,43,44)/t32-,33+,35+,50?/m0/s1. The zero-order valence-electron chi connectivity index (χ0n) is 27.8. The van der Waals surface area contributed by atoms with Crippen LogP contribution in [0.15, 0.2) is 126 Å². The summed E-state index contributed by atoms with van der Waals surface area (Å²) >= 11 is 6.40. The van der Waals surface area contributed by atoms with Crippen LogP contribution in [0.1, 0.15) is 39.7 Å². The highest BCUT2D eigenvalue weighted by Gasteiger charge is 2.43. The van der Waals surface area contributed by atoms with Crippen molar-refractivity contribution in [2.45, 2.75) is 30.5 Å². The number of rotatable bonds is 13. The van der Waals surface area contributed by atoms with Crippen LogP contribution in [-0.4, -0.2) is 55.2 Å². The Bertz CT molecular complexity index is 1880. The zero-order valence-corrected chi connectivity index (χ0v) is 29.4. The lowest BCUT2D eigenvalue weighted by Crippen LogP contribution is -2.38. The number of aromatic nitrogens is 2. The van der Waals surface area contributed by atoms with Crippen molar-refractivity contribution in [3.63, 3.8) is 0 Å². The van der Waals surface area contributed by atoms with E-state index in [1.165, 1.54) is 4.57 Å². The first-order chi connectivity index (χ1) is 24.3. The second kappa shape index (κ2) is 16.0. The van der Waals surface area contributed by atoms with Gasteiger partial charge in [-0.05, 0) is 65.8 Å². The van der Waals surface area contributed by atoms with Crippen LogP contribution in [0.5, 0.6) is 11.5 Å². The second-order valence-corrected chi connectivity index (χ2v) is 14.0. The van der Waals surface area contributed by atoms with Gasteiger partial charge < -0.3 is 28.8 Å². The molecule has 0 aliphatic carbocycles. The summed E-state index contributed by atoms with van der Waals surface area (Å²) in [5, 5.41) is 2.68. The number of anilines is 1. The van der Waals surface area contributed by atoms with Gasteiger partial charge in [0, 0.05) is 18.2 Å². The highest BCUT2D eigenvalue weighted by Crippen LogP contribution is 2.46. The van der Waals surface area contributed by atoms with Crippen LogP contribution in [0.25, 0.3) is 0 Å². The molecule has 2 heterocycles. The molecule has 1 aliphatic rings. The molecular weight excluding hydrogens is 677 g/mol. The van der Waals surface area contributed by atoms with Gasteiger partial charge in [0.15, 0.2) is 0 Å². The maximum absolute atomic E-state index is 13.3. The Kier molecular flexibility index (Phi) is 11.3. The number of nitrogens with one attached hydrogen (secondary N) is 1. The molecule has 4 atom stereocenters. The molecule has 0 saturated carbocycles. The van der Waals surface area contributed by atoms with E-state index in [2.05, 4.69) is 10.3 Å². The number of benzene rings is 4. The third-order valence-electron chi connectivity index (χ3n) is 8.52. The van der Waals surface area contributed by atoms with Crippen LogP contribution in [-0.2, 0) is 19.6 Å². The van der Waals surface area contributed by atoms with Gasteiger partial charge in [-0.2, -0.15) is 4.98 Å². The summed E-state index contributed by atoms with van der Waals surface area (Å²) in [6.07, 6.45) is 0.0750. The average Bonchev–Trinajstić information content (AvgIpc) is 3.54. The van der Waals surface area contributed by atoms with Crippen molar-refractivity contribution in [1.29, 1.82) is 0 Å². The Labute approximate surface area is 296 Å². The maximum atomic E-state index is 13.3. The molecular formula is C38H37ClN3O7P. The van der Waals surface area contributed by atoms with Crippen molar-refractivity contribution in [1.82, 2.24) is 9.55 Å². The van der Waals surface area contributed by atoms with E-state index in [1.54, 1.807) is 57.4 Å². The molecule has 258 valence electrons. The van der Waals surface area contributed by atoms with Gasteiger partial charge in [0.1, 0.15) is 42.8 Å². The van der Waals surface area contributed by atoms with Crippen LogP contribution in [0.2, 0.25) is 0 Å². The summed E-state index contributed by atoms with van der Waals surface area (Å²) in [5.74, 6) is 1.19. The Hall–Kier alpha value is -4.57. The van der Waals surface area contributed by atoms with Crippen LogP contribution < -0.4 is 20.5 Å².